The summed E-state index contributed by atoms with van der Waals surface area (Å²) in [7, 11) is 0. The third-order valence-corrected chi connectivity index (χ3v) is 4.53. The van der Waals surface area contributed by atoms with E-state index in [2.05, 4.69) is 23.5 Å². The summed E-state index contributed by atoms with van der Waals surface area (Å²) in [5, 5.41) is 4.60. The molecule has 2 unspecified atom stereocenters. The third kappa shape index (κ3) is 2.46. The number of nitrogens with zero attached hydrogens (tertiary/aromatic N) is 4. The Morgan fingerprint density at radius 3 is 2.90 bits per heavy atom. The molecule has 0 amide bonds. The third-order valence-electron chi connectivity index (χ3n) is 4.34. The Balaban J connectivity index is 2.13. The number of imidazole rings is 1. The van der Waals surface area contributed by atoms with Crippen molar-refractivity contribution in [2.24, 2.45) is 0 Å². The number of halogens is 1. The molecule has 2 aromatic rings. The van der Waals surface area contributed by atoms with Crippen molar-refractivity contribution in [3.63, 3.8) is 0 Å². The highest BCUT2D eigenvalue weighted by Gasteiger charge is 2.29. The second kappa shape index (κ2) is 5.97. The number of aromatic nitrogens is 4. The molecule has 0 radical (unpaired) electrons. The van der Waals surface area contributed by atoms with Gasteiger partial charge in [0.05, 0.1) is 17.8 Å². The predicted octanol–water partition coefficient (Wildman–Crippen LogP) is 3.08. The molecule has 1 aliphatic heterocycles. The second-order valence-electron chi connectivity index (χ2n) is 5.70. The first-order valence-corrected chi connectivity index (χ1v) is 8.32. The SMILES string of the molecule is CCn1nc(C)c2nc(CCCl)n(C(C)C3CCCO3)c21. The minimum Gasteiger partial charge on any atom is -0.376 e. The highest BCUT2D eigenvalue weighted by atomic mass is 35.5. The van der Waals surface area contributed by atoms with Crippen molar-refractivity contribution in [2.45, 2.75) is 58.7 Å². The van der Waals surface area contributed by atoms with Crippen molar-refractivity contribution in [1.29, 1.82) is 0 Å². The largest absolute Gasteiger partial charge is 0.376 e. The van der Waals surface area contributed by atoms with Crippen molar-refractivity contribution in [3.8, 4) is 0 Å². The van der Waals surface area contributed by atoms with E-state index in [1.165, 1.54) is 0 Å². The lowest BCUT2D eigenvalue weighted by Crippen LogP contribution is -2.24. The monoisotopic (exact) mass is 310 g/mol. The van der Waals surface area contributed by atoms with Crippen molar-refractivity contribution in [2.75, 3.05) is 12.5 Å². The van der Waals surface area contributed by atoms with E-state index in [1.54, 1.807) is 0 Å². The number of hydrogen-bond acceptors (Lipinski definition) is 3. The van der Waals surface area contributed by atoms with E-state index in [9.17, 15) is 0 Å². The zero-order valence-corrected chi connectivity index (χ0v) is 13.7. The van der Waals surface area contributed by atoms with Gasteiger partial charge in [-0.3, -0.25) is 0 Å². The van der Waals surface area contributed by atoms with Crippen LogP contribution in [-0.4, -0.2) is 37.9 Å². The Morgan fingerprint density at radius 2 is 2.29 bits per heavy atom. The number of alkyl halides is 1. The number of aryl methyl sites for hydroxylation is 3. The topological polar surface area (TPSA) is 44.9 Å². The average molecular weight is 311 g/mol. The Bertz CT molecular complexity index is 627. The van der Waals surface area contributed by atoms with Crippen molar-refractivity contribution >= 4 is 22.8 Å². The zero-order chi connectivity index (χ0) is 15.0. The number of ether oxygens (including phenoxy) is 1. The van der Waals surface area contributed by atoms with E-state index in [4.69, 9.17) is 21.3 Å². The maximum atomic E-state index is 5.97. The molecule has 1 saturated heterocycles. The summed E-state index contributed by atoms with van der Waals surface area (Å²) in [4.78, 5) is 4.80. The maximum Gasteiger partial charge on any atom is 0.159 e. The van der Waals surface area contributed by atoms with Crippen LogP contribution in [0.1, 0.15) is 44.2 Å². The van der Waals surface area contributed by atoms with Crippen molar-refractivity contribution < 1.29 is 4.74 Å². The van der Waals surface area contributed by atoms with Gasteiger partial charge >= 0.3 is 0 Å². The lowest BCUT2D eigenvalue weighted by Gasteiger charge is -2.23. The lowest BCUT2D eigenvalue weighted by atomic mass is 10.1. The molecule has 116 valence electrons. The van der Waals surface area contributed by atoms with Gasteiger partial charge in [0.15, 0.2) is 5.65 Å². The number of fused-ring (bicyclic) bond motifs is 1. The van der Waals surface area contributed by atoms with Gasteiger partial charge in [-0.1, -0.05) is 0 Å². The van der Waals surface area contributed by atoms with E-state index < -0.39 is 0 Å². The van der Waals surface area contributed by atoms with Crippen LogP contribution in [0.2, 0.25) is 0 Å². The molecule has 21 heavy (non-hydrogen) atoms. The van der Waals surface area contributed by atoms with E-state index in [0.29, 0.717) is 5.88 Å². The molecular weight excluding hydrogens is 288 g/mol. The molecule has 0 aliphatic carbocycles. The zero-order valence-electron chi connectivity index (χ0n) is 13.0. The van der Waals surface area contributed by atoms with E-state index in [-0.39, 0.29) is 12.1 Å². The minimum absolute atomic E-state index is 0.261. The van der Waals surface area contributed by atoms with Crippen LogP contribution in [0.25, 0.3) is 11.2 Å². The van der Waals surface area contributed by atoms with Gasteiger partial charge in [0.1, 0.15) is 11.3 Å². The Hall–Kier alpha value is -1.07. The average Bonchev–Trinajstić information content (AvgIpc) is 3.16. The molecule has 2 atom stereocenters. The molecule has 0 aromatic carbocycles. The van der Waals surface area contributed by atoms with Crippen LogP contribution in [0.4, 0.5) is 0 Å². The smallest absolute Gasteiger partial charge is 0.159 e. The Morgan fingerprint density at radius 1 is 1.48 bits per heavy atom. The van der Waals surface area contributed by atoms with Crippen LogP contribution < -0.4 is 0 Å². The lowest BCUT2D eigenvalue weighted by molar-refractivity contribution is 0.0732. The van der Waals surface area contributed by atoms with E-state index in [0.717, 1.165) is 55.1 Å². The summed E-state index contributed by atoms with van der Waals surface area (Å²) in [6, 6.07) is 0.261. The van der Waals surface area contributed by atoms with Crippen LogP contribution in [0, 0.1) is 6.92 Å². The standard InChI is InChI=1S/C15H23ClN4O/c1-4-19-15-14(10(2)18-19)17-13(7-8-16)20(15)11(3)12-6-5-9-21-12/h11-12H,4-9H2,1-3H3. The Labute approximate surface area is 130 Å². The fourth-order valence-electron chi connectivity index (χ4n) is 3.29. The first-order valence-electron chi connectivity index (χ1n) is 7.79. The first-order chi connectivity index (χ1) is 10.2. The fraction of sp³-hybridized carbons (Fsp3) is 0.733. The number of hydrogen-bond donors (Lipinski definition) is 0. The summed E-state index contributed by atoms with van der Waals surface area (Å²) < 4.78 is 10.2. The minimum atomic E-state index is 0.261. The van der Waals surface area contributed by atoms with Gasteiger partial charge < -0.3 is 9.30 Å². The van der Waals surface area contributed by atoms with Gasteiger partial charge in [-0.25, -0.2) is 9.67 Å². The van der Waals surface area contributed by atoms with Gasteiger partial charge in [-0.2, -0.15) is 5.10 Å². The van der Waals surface area contributed by atoms with E-state index in [1.807, 2.05) is 11.6 Å². The van der Waals surface area contributed by atoms with Gasteiger partial charge in [-0.15, -0.1) is 11.6 Å². The molecule has 0 saturated carbocycles. The first kappa shape index (κ1) is 14.9. The van der Waals surface area contributed by atoms with Gasteiger partial charge in [-0.05, 0) is 33.6 Å². The van der Waals surface area contributed by atoms with E-state index >= 15 is 0 Å². The highest BCUT2D eigenvalue weighted by molar-refractivity contribution is 6.17. The predicted molar refractivity (Wildman–Crippen MR) is 84.0 cm³/mol. The summed E-state index contributed by atoms with van der Waals surface area (Å²) >= 11 is 5.97. The summed E-state index contributed by atoms with van der Waals surface area (Å²) in [5.74, 6) is 1.63. The van der Waals surface area contributed by atoms with Crippen LogP contribution in [0.5, 0.6) is 0 Å². The normalized spacial score (nSPS) is 20.5. The molecule has 5 nitrogen and oxygen atoms in total. The van der Waals surface area contributed by atoms with Crippen LogP contribution in [-0.2, 0) is 17.7 Å². The molecule has 0 bridgehead atoms. The summed E-state index contributed by atoms with van der Waals surface area (Å²) in [6.07, 6.45) is 3.29. The van der Waals surface area contributed by atoms with Gasteiger partial charge in [0, 0.05) is 25.5 Å². The van der Waals surface area contributed by atoms with Crippen LogP contribution in [0.15, 0.2) is 0 Å². The second-order valence-corrected chi connectivity index (χ2v) is 6.08. The number of rotatable bonds is 5. The highest BCUT2D eigenvalue weighted by Crippen LogP contribution is 2.30. The molecule has 0 spiro atoms. The van der Waals surface area contributed by atoms with Crippen molar-refractivity contribution in [1.82, 2.24) is 19.3 Å². The van der Waals surface area contributed by atoms with Crippen LogP contribution in [0.3, 0.4) is 0 Å². The molecule has 6 heteroatoms. The van der Waals surface area contributed by atoms with Crippen molar-refractivity contribution in [3.05, 3.63) is 11.5 Å². The molecule has 1 fully saturated rings. The molecule has 1 aliphatic rings. The Kier molecular flexibility index (Phi) is 4.22. The fourth-order valence-corrected chi connectivity index (χ4v) is 3.46. The molecule has 0 N–H and O–H groups in total. The molecule has 3 rings (SSSR count). The van der Waals surface area contributed by atoms with Crippen LogP contribution >= 0.6 is 11.6 Å². The van der Waals surface area contributed by atoms with Gasteiger partial charge in [0.25, 0.3) is 0 Å². The van der Waals surface area contributed by atoms with Gasteiger partial charge in [0.2, 0.25) is 0 Å². The quantitative estimate of drug-likeness (QED) is 0.797. The summed E-state index contributed by atoms with van der Waals surface area (Å²) in [5.41, 5.74) is 3.10. The molecule has 3 heterocycles. The maximum absolute atomic E-state index is 5.97. The molecular formula is C15H23ClN4O. The summed E-state index contributed by atoms with van der Waals surface area (Å²) in [6.45, 7) is 8.06. The molecule has 2 aromatic heterocycles.